The molecule has 3 aromatic heterocycles. The lowest BCUT2D eigenvalue weighted by Crippen LogP contribution is -2.68. The molecule has 7 N–H and O–H groups in total. The van der Waals surface area contributed by atoms with Gasteiger partial charge in [0, 0.05) is 30.7 Å². The van der Waals surface area contributed by atoms with Gasteiger partial charge in [-0.15, -0.1) is 16.4 Å². The van der Waals surface area contributed by atoms with Crippen molar-refractivity contribution < 1.29 is 42.6 Å². The van der Waals surface area contributed by atoms with Crippen LogP contribution < -0.4 is 26.9 Å². The van der Waals surface area contributed by atoms with E-state index in [0.717, 1.165) is 28.2 Å². The summed E-state index contributed by atoms with van der Waals surface area (Å²) in [5, 5.41) is 29.8. The molecule has 0 unspecified atom stereocenters. The molecule has 258 valence electrons. The van der Waals surface area contributed by atoms with E-state index in [1.165, 1.54) is 19.2 Å². The summed E-state index contributed by atoms with van der Waals surface area (Å²) in [5.74, 6) is -4.45. The molecule has 1 aliphatic heterocycles. The molecule has 1 saturated heterocycles. The summed E-state index contributed by atoms with van der Waals surface area (Å²) in [5.41, 5.74) is 0.942. The minimum Gasteiger partial charge on any atom is -0.503 e. The Hall–Kier alpha value is -5.62. The Balaban J connectivity index is 1.51. The van der Waals surface area contributed by atoms with E-state index in [2.05, 4.69) is 25.5 Å². The van der Waals surface area contributed by atoms with Gasteiger partial charge < -0.3 is 36.0 Å². The van der Waals surface area contributed by atoms with Crippen molar-refractivity contribution in [3.63, 3.8) is 0 Å². The fourth-order valence-corrected chi connectivity index (χ4v) is 5.23. The number of H-pyrrole nitrogens is 1. The minimum absolute atomic E-state index is 0.0362. The number of amides is 4. The van der Waals surface area contributed by atoms with Crippen LogP contribution in [-0.2, 0) is 36.0 Å². The number of aliphatic carboxylic acids is 1. The molecule has 1 atom stereocenters. The number of carbonyl (C=O) groups is 4. The number of rotatable bonds is 12. The number of pyridine rings is 1. The Morgan fingerprint density at radius 3 is 2.52 bits per heavy atom. The fourth-order valence-electron chi connectivity index (χ4n) is 3.78. The number of carboxylic acids is 1. The molecule has 4 rings (SSSR count). The number of nitrogen functional groups attached to an aromatic ring is 1. The predicted molar refractivity (Wildman–Crippen MR) is 165 cm³/mol. The minimum atomic E-state index is -5.08. The highest BCUT2D eigenvalue weighted by molar-refractivity contribution is 7.88. The van der Waals surface area contributed by atoms with Crippen LogP contribution >= 0.6 is 11.3 Å². The number of anilines is 1. The average molecular weight is 712 g/mol. The monoisotopic (exact) mass is 711 g/mol. The van der Waals surface area contributed by atoms with E-state index in [4.69, 9.17) is 10.6 Å². The third-order valence-corrected chi connectivity index (χ3v) is 8.32. The number of aromatic nitrogens is 5. The summed E-state index contributed by atoms with van der Waals surface area (Å²) in [7, 11) is -1.71. The van der Waals surface area contributed by atoms with Crippen LogP contribution in [0.5, 0.6) is 5.75 Å². The number of nitrogens with two attached hydrogens (primary N) is 1. The first-order valence-corrected chi connectivity index (χ1v) is 15.8. The zero-order valence-corrected chi connectivity index (χ0v) is 27.2. The molecule has 0 saturated carbocycles. The van der Waals surface area contributed by atoms with Crippen LogP contribution in [-0.4, -0.2) is 121 Å². The van der Waals surface area contributed by atoms with Crippen LogP contribution in [0, 0.1) is 0 Å². The van der Waals surface area contributed by atoms with E-state index in [1.54, 1.807) is 23.7 Å². The first kappa shape index (κ1) is 35.2. The smallest absolute Gasteiger partial charge is 0.362 e. The maximum absolute atomic E-state index is 13.2. The maximum Gasteiger partial charge on any atom is 0.362 e. The molecule has 22 nitrogen and oxygen atoms in total. The van der Waals surface area contributed by atoms with E-state index in [-0.39, 0.29) is 39.5 Å². The molecule has 0 aliphatic carbocycles. The largest absolute Gasteiger partial charge is 0.503 e. The van der Waals surface area contributed by atoms with Crippen LogP contribution in [0.4, 0.5) is 9.93 Å². The van der Waals surface area contributed by atoms with Crippen molar-refractivity contribution in [1.29, 1.82) is 0 Å². The number of carboxylic acid groups (broad SMARTS) is 1. The van der Waals surface area contributed by atoms with Gasteiger partial charge in [0.15, 0.2) is 22.4 Å². The van der Waals surface area contributed by atoms with Gasteiger partial charge in [-0.25, -0.2) is 24.1 Å². The van der Waals surface area contributed by atoms with Gasteiger partial charge in [0.25, 0.3) is 11.8 Å². The number of aromatic amines is 1. The Labute approximate surface area is 273 Å². The van der Waals surface area contributed by atoms with E-state index < -0.39 is 74.8 Å². The van der Waals surface area contributed by atoms with Crippen molar-refractivity contribution in [3.8, 4) is 17.3 Å². The predicted octanol–water partition coefficient (Wildman–Crippen LogP) is -2.88. The summed E-state index contributed by atoms with van der Waals surface area (Å²) < 4.78 is 28.7. The molecule has 4 amide bonds. The number of nitrogens with zero attached hydrogens (tertiary/aromatic N) is 7. The molecule has 3 aromatic rings. The molecule has 1 aliphatic rings. The van der Waals surface area contributed by atoms with Crippen molar-refractivity contribution in [1.82, 2.24) is 43.6 Å². The molecule has 0 spiro atoms. The number of carbonyl (C=O) groups excluding carboxylic acids is 3. The highest BCUT2D eigenvalue weighted by Crippen LogP contribution is 2.17. The zero-order valence-electron chi connectivity index (χ0n) is 25.5. The van der Waals surface area contributed by atoms with Crippen molar-refractivity contribution in [2.24, 2.45) is 5.16 Å². The molecule has 1 fully saturated rings. The Morgan fingerprint density at radius 2 is 1.96 bits per heavy atom. The number of oxime groups is 1. The first-order valence-electron chi connectivity index (χ1n) is 13.5. The second-order valence-corrected chi connectivity index (χ2v) is 13.2. The number of β-lactam (4-membered cyclic amide) rings is 1. The lowest BCUT2D eigenvalue weighted by Gasteiger charge is -2.36. The molecule has 4 heterocycles. The standard InChI is InChI=1S/C24H29N11O11S2/c1-24(2,20(40)41)46-30-16(13-10-47-21(25)28-13)18(38)27-12-9-34(19(12)39)22(42)31-48(44,45)35-23(43)33(6-5-32(3)4)17(29-35)11-7-14(36)15(37)8-26-11/h7-8,10,12,37H,5-6,9H2,1-4H3,(H2,25,28)(H,26,36)(H,27,38)(H,31,42)(H,40,41)/b30-16-/t12-/m0/s1. The van der Waals surface area contributed by atoms with Gasteiger partial charge in [0.2, 0.25) is 11.0 Å². The van der Waals surface area contributed by atoms with Gasteiger partial charge in [0.05, 0.1) is 12.2 Å². The number of hydrogen-bond acceptors (Lipinski definition) is 16. The Bertz CT molecular complexity index is 2040. The van der Waals surface area contributed by atoms with Gasteiger partial charge in [-0.05, 0) is 27.9 Å². The van der Waals surface area contributed by atoms with Gasteiger partial charge in [-0.3, -0.25) is 23.9 Å². The summed E-state index contributed by atoms with van der Waals surface area (Å²) in [6, 6.07) is -1.94. The third-order valence-electron chi connectivity index (χ3n) is 6.52. The molecule has 0 radical (unpaired) electrons. The topological polar surface area (TPSA) is 307 Å². The third kappa shape index (κ3) is 7.34. The van der Waals surface area contributed by atoms with Gasteiger partial charge in [0.1, 0.15) is 11.7 Å². The number of aromatic hydroxyl groups is 1. The number of thiazole rings is 1. The summed E-state index contributed by atoms with van der Waals surface area (Å²) in [4.78, 5) is 88.7. The lowest BCUT2D eigenvalue weighted by molar-refractivity contribution is -0.161. The quantitative estimate of drug-likeness (QED) is 0.0624. The number of likely N-dealkylation sites (tertiary alicyclic amines) is 1. The molecule has 0 bridgehead atoms. The fraction of sp³-hybridized carbons (Fsp3) is 0.375. The van der Waals surface area contributed by atoms with Crippen LogP contribution in [0.1, 0.15) is 19.5 Å². The summed E-state index contributed by atoms with van der Waals surface area (Å²) in [6.07, 6.45) is 0.920. The molecule has 0 aromatic carbocycles. The van der Waals surface area contributed by atoms with E-state index in [1.807, 2.05) is 0 Å². The van der Waals surface area contributed by atoms with Crippen molar-refractivity contribution >= 4 is 56.2 Å². The van der Waals surface area contributed by atoms with Crippen LogP contribution in [0.2, 0.25) is 0 Å². The van der Waals surface area contributed by atoms with E-state index in [9.17, 15) is 47.4 Å². The second-order valence-electron chi connectivity index (χ2n) is 10.8. The normalized spacial score (nSPS) is 15.3. The highest BCUT2D eigenvalue weighted by atomic mass is 32.2. The summed E-state index contributed by atoms with van der Waals surface area (Å²) >= 11 is 0.934. The molecular formula is C24H29N11O11S2. The number of imide groups is 1. The van der Waals surface area contributed by atoms with Crippen LogP contribution in [0.25, 0.3) is 11.5 Å². The van der Waals surface area contributed by atoms with Gasteiger partial charge >= 0.3 is 27.9 Å². The number of likely N-dealkylation sites (N-methyl/N-ethyl adjacent to an activating group) is 1. The average Bonchev–Trinajstić information content (AvgIpc) is 3.57. The van der Waals surface area contributed by atoms with Crippen LogP contribution in [0.3, 0.4) is 0 Å². The first-order chi connectivity index (χ1) is 22.3. The number of urea groups is 1. The van der Waals surface area contributed by atoms with Crippen molar-refractivity contribution in [2.75, 3.05) is 32.9 Å². The van der Waals surface area contributed by atoms with Crippen LogP contribution in [0.15, 0.2) is 32.4 Å². The Kier molecular flexibility index (Phi) is 9.72. The van der Waals surface area contributed by atoms with Crippen molar-refractivity contribution in [3.05, 3.63) is 44.0 Å². The molecule has 24 heteroatoms. The van der Waals surface area contributed by atoms with Crippen molar-refractivity contribution in [2.45, 2.75) is 32.0 Å². The van der Waals surface area contributed by atoms with E-state index >= 15 is 0 Å². The van der Waals surface area contributed by atoms with Gasteiger partial charge in [-0.1, -0.05) is 9.24 Å². The lowest BCUT2D eigenvalue weighted by atomic mass is 10.1. The number of hydrogen-bond donors (Lipinski definition) is 6. The Morgan fingerprint density at radius 1 is 1.27 bits per heavy atom. The van der Waals surface area contributed by atoms with Gasteiger partial charge in [-0.2, -0.15) is 8.42 Å². The maximum atomic E-state index is 13.2. The highest BCUT2D eigenvalue weighted by Gasteiger charge is 2.44. The zero-order chi connectivity index (χ0) is 35.7. The summed E-state index contributed by atoms with van der Waals surface area (Å²) in [6.45, 7) is 1.94. The number of nitrogens with one attached hydrogen (secondary N) is 3. The second kappa shape index (κ2) is 13.2. The SMILES string of the molecule is CN(C)CCn1c(-c2cc(=O)c(O)c[nH]2)nn(S(=O)(=O)NC(=O)N2C[C@H](NC(=O)/C(=N\OC(C)(C)C(=O)O)c3csc(N)n3)C2=O)c1=O. The molecular weight excluding hydrogens is 682 g/mol. The van der Waals surface area contributed by atoms with E-state index in [0.29, 0.717) is 4.90 Å². The molecule has 48 heavy (non-hydrogen) atoms.